The van der Waals surface area contributed by atoms with Crippen LogP contribution in [0.25, 0.3) is 12.2 Å². The molecule has 0 spiro atoms. The molecule has 0 saturated carbocycles. The second-order valence-corrected chi connectivity index (χ2v) is 9.63. The average Bonchev–Trinajstić information content (AvgIpc) is 3.14. The maximum Gasteiger partial charge on any atom is 0.0912 e. The molecule has 5 nitrogen and oxygen atoms in total. The van der Waals surface area contributed by atoms with E-state index in [9.17, 15) is 0 Å². The number of allylic oxidation sites excluding steroid dienone is 2. The zero-order chi connectivity index (χ0) is 37.8. The van der Waals surface area contributed by atoms with Crippen LogP contribution in [0.3, 0.4) is 0 Å². The van der Waals surface area contributed by atoms with Crippen LogP contribution >= 0.6 is 31.9 Å². The molecule has 0 fully saturated rings. The third kappa shape index (κ3) is 24.7. The van der Waals surface area contributed by atoms with Gasteiger partial charge in [-0.15, -0.1) is 0 Å². The number of anilines is 3. The summed E-state index contributed by atoms with van der Waals surface area (Å²) in [7, 11) is 0. The molecular formula is C30H33Br2F10N5. The molecule has 0 radical (unpaired) electrons. The first kappa shape index (κ1) is 52.3. The van der Waals surface area contributed by atoms with Crippen LogP contribution < -0.4 is 17.2 Å². The Hall–Kier alpha value is -4.22. The standard InChI is InChI=1S/C11H11BrN2.C11H12N2.C8H10BrN.5F2/c1-2-9-6-8(4-3-5-13)7-10(12)11(9)14;1-2-10-8-9(4-3-7-12)5-6-11(10)13;1-2-6-5-7(9)3-4-8(6)10;5*1-2/h3-4,6-7H,2,14H2,1H3;3-6,8H,2,13H2,1H3;3-5H,2,10H2,1H3;;;;;/b2*4-3+;;;;;;. The first-order valence-electron chi connectivity index (χ1n) is 12.5. The highest BCUT2D eigenvalue weighted by Crippen LogP contribution is 2.26. The van der Waals surface area contributed by atoms with Crippen LogP contribution in [-0.4, -0.2) is 0 Å². The Morgan fingerprint density at radius 3 is 1.36 bits per heavy atom. The van der Waals surface area contributed by atoms with Gasteiger partial charge in [-0.1, -0.05) is 42.8 Å². The summed E-state index contributed by atoms with van der Waals surface area (Å²) in [5.41, 5.74) is 25.2. The van der Waals surface area contributed by atoms with E-state index >= 15 is 0 Å². The van der Waals surface area contributed by atoms with Crippen LogP contribution in [0.2, 0.25) is 0 Å². The highest BCUT2D eigenvalue weighted by atomic mass is 79.9. The molecule has 3 rings (SSSR count). The number of benzene rings is 3. The lowest BCUT2D eigenvalue weighted by molar-refractivity contribution is 0.108. The summed E-state index contributed by atoms with van der Waals surface area (Å²) in [6, 6.07) is 19.5. The maximum atomic E-state index is 8.40. The van der Waals surface area contributed by atoms with E-state index in [0.717, 1.165) is 67.5 Å². The molecule has 0 aliphatic carbocycles. The number of hydrogen-bond donors (Lipinski definition) is 3. The Morgan fingerprint density at radius 1 is 0.574 bits per heavy atom. The van der Waals surface area contributed by atoms with E-state index in [4.69, 9.17) is 73.5 Å². The fourth-order valence-electron chi connectivity index (χ4n) is 3.27. The van der Waals surface area contributed by atoms with E-state index in [1.165, 1.54) is 17.7 Å². The van der Waals surface area contributed by atoms with Crippen molar-refractivity contribution in [2.75, 3.05) is 17.2 Å². The first-order chi connectivity index (χ1) is 22.7. The quantitative estimate of drug-likeness (QED) is 0.134. The topological polar surface area (TPSA) is 126 Å². The van der Waals surface area contributed by atoms with Gasteiger partial charge in [0.05, 0.1) is 12.1 Å². The van der Waals surface area contributed by atoms with Gasteiger partial charge in [0, 0.05) is 83.9 Å². The summed E-state index contributed by atoms with van der Waals surface area (Å²) in [6.07, 6.45) is 9.26. The molecule has 0 aliphatic rings. The van der Waals surface area contributed by atoms with Crippen LogP contribution in [0.4, 0.5) is 62.8 Å². The second-order valence-electron chi connectivity index (χ2n) is 7.86. The average molecular weight is 813 g/mol. The van der Waals surface area contributed by atoms with E-state index in [0.29, 0.717) is 0 Å². The normalized spacial score (nSPS) is 8.62. The largest absolute Gasteiger partial charge is 0.399 e. The summed E-state index contributed by atoms with van der Waals surface area (Å²) < 4.78 is 82.0. The van der Waals surface area contributed by atoms with Gasteiger partial charge in [0.15, 0.2) is 0 Å². The minimum absolute atomic E-state index is 0.779. The van der Waals surface area contributed by atoms with Crippen molar-refractivity contribution in [2.24, 2.45) is 0 Å². The smallest absolute Gasteiger partial charge is 0.0912 e. The van der Waals surface area contributed by atoms with Crippen LogP contribution in [0.15, 0.2) is 69.6 Å². The summed E-state index contributed by atoms with van der Waals surface area (Å²) in [5, 5.41) is 16.8. The van der Waals surface area contributed by atoms with Crippen LogP contribution in [-0.2, 0) is 19.3 Å². The van der Waals surface area contributed by atoms with Crippen molar-refractivity contribution in [3.05, 3.63) is 97.4 Å². The SMILES string of the molecule is CCc1cc(/C=C/C#N)cc(Br)c1N.CCc1cc(/C=C/C#N)ccc1N.CCc1cc(Br)ccc1N.FF.FF.FF.FF.FF. The Morgan fingerprint density at radius 2 is 0.957 bits per heavy atom. The minimum atomic E-state index is 0.779. The fraction of sp³-hybridized carbons (Fsp3) is 0.200. The lowest BCUT2D eigenvalue weighted by Gasteiger charge is -2.06. The van der Waals surface area contributed by atoms with E-state index in [-0.39, 0.29) is 0 Å². The van der Waals surface area contributed by atoms with Gasteiger partial charge in [-0.2, -0.15) is 10.5 Å². The predicted octanol–water partition coefficient (Wildman–Crippen LogP) is 12.3. The lowest BCUT2D eigenvalue weighted by Crippen LogP contribution is -1.94. The van der Waals surface area contributed by atoms with Crippen molar-refractivity contribution in [2.45, 2.75) is 40.0 Å². The molecule has 3 aromatic carbocycles. The van der Waals surface area contributed by atoms with Crippen LogP contribution in [0, 0.1) is 22.7 Å². The number of halogens is 12. The molecule has 262 valence electrons. The molecule has 6 N–H and O–H groups in total. The highest BCUT2D eigenvalue weighted by molar-refractivity contribution is 9.10. The molecule has 3 aromatic rings. The van der Waals surface area contributed by atoms with Crippen molar-refractivity contribution >= 4 is 61.1 Å². The second kappa shape index (κ2) is 38.0. The van der Waals surface area contributed by atoms with E-state index < -0.39 is 0 Å². The lowest BCUT2D eigenvalue weighted by atomic mass is 10.1. The van der Waals surface area contributed by atoms with Crippen molar-refractivity contribution in [3.8, 4) is 12.1 Å². The summed E-state index contributed by atoms with van der Waals surface area (Å²) in [5.74, 6) is 0. The number of nitrogen functional groups attached to an aromatic ring is 3. The number of hydrogen-bond acceptors (Lipinski definition) is 5. The van der Waals surface area contributed by atoms with Crippen molar-refractivity contribution in [3.63, 3.8) is 0 Å². The zero-order valence-electron chi connectivity index (χ0n) is 25.2. The van der Waals surface area contributed by atoms with Gasteiger partial charge < -0.3 is 17.2 Å². The van der Waals surface area contributed by atoms with Crippen LogP contribution in [0.1, 0.15) is 48.6 Å². The first-order valence-corrected chi connectivity index (χ1v) is 14.1. The number of rotatable bonds is 5. The predicted molar refractivity (Wildman–Crippen MR) is 176 cm³/mol. The Kier molecular flexibility index (Phi) is 42.3. The third-order valence-corrected chi connectivity index (χ3v) is 6.50. The van der Waals surface area contributed by atoms with Crippen molar-refractivity contribution in [1.82, 2.24) is 0 Å². The Labute approximate surface area is 283 Å². The molecule has 0 aromatic heterocycles. The van der Waals surface area contributed by atoms with E-state index in [2.05, 4.69) is 58.7 Å². The molecule has 0 heterocycles. The molecule has 0 aliphatic heterocycles. The molecule has 17 heteroatoms. The number of aryl methyl sites for hydroxylation is 3. The van der Waals surface area contributed by atoms with E-state index in [1.807, 2.05) is 54.6 Å². The van der Waals surface area contributed by atoms with Gasteiger partial charge in [0.1, 0.15) is 0 Å². The minimum Gasteiger partial charge on any atom is -0.399 e. The van der Waals surface area contributed by atoms with Crippen molar-refractivity contribution in [1.29, 1.82) is 10.5 Å². The Bertz CT molecular complexity index is 1350. The monoisotopic (exact) mass is 811 g/mol. The van der Waals surface area contributed by atoms with Crippen LogP contribution in [0.5, 0.6) is 0 Å². The van der Waals surface area contributed by atoms with Gasteiger partial charge in [-0.25, -0.2) is 0 Å². The molecule has 0 unspecified atom stereocenters. The van der Waals surface area contributed by atoms with Gasteiger partial charge in [0.25, 0.3) is 0 Å². The molecule has 0 saturated heterocycles. The molecule has 0 amide bonds. The Balaban J connectivity index is -0.000000166. The summed E-state index contributed by atoms with van der Waals surface area (Å²) in [6.45, 7) is 6.21. The highest BCUT2D eigenvalue weighted by Gasteiger charge is 2.03. The maximum absolute atomic E-state index is 8.40. The fourth-order valence-corrected chi connectivity index (χ4v) is 4.20. The zero-order valence-corrected chi connectivity index (χ0v) is 28.4. The number of nitrogens with two attached hydrogens (primary N) is 3. The van der Waals surface area contributed by atoms with Crippen molar-refractivity contribution < 1.29 is 45.7 Å². The molecular weight excluding hydrogens is 780 g/mol. The molecule has 47 heavy (non-hydrogen) atoms. The molecule has 0 atom stereocenters. The van der Waals surface area contributed by atoms with E-state index in [1.54, 1.807) is 12.2 Å². The number of nitrogens with zero attached hydrogens (tertiary/aromatic N) is 2. The molecule has 0 bridgehead atoms. The third-order valence-electron chi connectivity index (χ3n) is 5.35. The van der Waals surface area contributed by atoms with Gasteiger partial charge in [-0.05, 0) is 118 Å². The van der Waals surface area contributed by atoms with Gasteiger partial charge in [-0.3, -0.25) is 0 Å². The summed E-state index contributed by atoms with van der Waals surface area (Å²) in [4.78, 5) is 0. The van der Waals surface area contributed by atoms with Gasteiger partial charge in [0.2, 0.25) is 0 Å². The number of nitriles is 2. The summed E-state index contributed by atoms with van der Waals surface area (Å²) >= 11 is 6.77. The van der Waals surface area contributed by atoms with Gasteiger partial charge >= 0.3 is 0 Å².